The molecule has 1 N–H and O–H groups in total. The van der Waals surface area contributed by atoms with Crippen molar-refractivity contribution in [2.24, 2.45) is 0 Å². The zero-order chi connectivity index (χ0) is 21.4. The molecule has 5 nitrogen and oxygen atoms in total. The first-order chi connectivity index (χ1) is 15.0. The van der Waals surface area contributed by atoms with Crippen LogP contribution in [0.5, 0.6) is 0 Å². The summed E-state index contributed by atoms with van der Waals surface area (Å²) in [6, 6.07) is 16.0. The van der Waals surface area contributed by atoms with Crippen LogP contribution < -0.4 is 0 Å². The fourth-order valence-corrected chi connectivity index (χ4v) is 5.19. The minimum absolute atomic E-state index is 0.176. The van der Waals surface area contributed by atoms with Crippen LogP contribution in [0.2, 0.25) is 0 Å². The first-order valence-corrected chi connectivity index (χ1v) is 10.8. The first kappa shape index (κ1) is 19.9. The number of nitrogens with zero attached hydrogens (tertiary/aromatic N) is 2. The van der Waals surface area contributed by atoms with Gasteiger partial charge in [0.05, 0.1) is 11.1 Å². The van der Waals surface area contributed by atoms with E-state index in [0.29, 0.717) is 23.9 Å². The van der Waals surface area contributed by atoms with E-state index in [1.807, 2.05) is 36.4 Å². The number of rotatable bonds is 3. The summed E-state index contributed by atoms with van der Waals surface area (Å²) in [6.07, 6.45) is 4.40. The van der Waals surface area contributed by atoms with E-state index in [4.69, 9.17) is 4.74 Å². The molecule has 3 heterocycles. The Labute approximate surface area is 180 Å². The monoisotopic (exact) mass is 420 g/mol. The summed E-state index contributed by atoms with van der Waals surface area (Å²) < 4.78 is 20.6. The van der Waals surface area contributed by atoms with Crippen molar-refractivity contribution >= 4 is 17.0 Å². The number of carbonyl (C=O) groups is 1. The predicted octanol–water partition coefficient (Wildman–Crippen LogP) is 4.92. The SMILES string of the molecule is O=C(OCc1ccccc1)N1C2CCCC1CC(O)(c1cc3cccnc3cc1F)C2. The first-order valence-electron chi connectivity index (χ1n) is 10.8. The van der Waals surface area contributed by atoms with Crippen LogP contribution in [0.3, 0.4) is 0 Å². The third-order valence-corrected chi connectivity index (χ3v) is 6.62. The van der Waals surface area contributed by atoms with Crippen molar-refractivity contribution in [3.8, 4) is 0 Å². The van der Waals surface area contributed by atoms with Crippen molar-refractivity contribution in [3.63, 3.8) is 0 Å². The number of aromatic nitrogens is 1. The molecule has 2 aliphatic heterocycles. The molecule has 1 aromatic heterocycles. The smallest absolute Gasteiger partial charge is 0.410 e. The van der Waals surface area contributed by atoms with E-state index < -0.39 is 11.4 Å². The van der Waals surface area contributed by atoms with Crippen molar-refractivity contribution in [3.05, 3.63) is 77.7 Å². The van der Waals surface area contributed by atoms with Crippen LogP contribution in [0.1, 0.15) is 43.2 Å². The van der Waals surface area contributed by atoms with Gasteiger partial charge in [0.1, 0.15) is 12.4 Å². The van der Waals surface area contributed by atoms with Gasteiger partial charge in [-0.3, -0.25) is 4.98 Å². The van der Waals surface area contributed by atoms with Crippen LogP contribution in [0.25, 0.3) is 10.9 Å². The van der Waals surface area contributed by atoms with Crippen LogP contribution in [0, 0.1) is 5.82 Å². The Balaban J connectivity index is 1.38. The zero-order valence-corrected chi connectivity index (χ0v) is 17.2. The number of piperidine rings is 2. The molecule has 3 aromatic rings. The van der Waals surface area contributed by atoms with Gasteiger partial charge in [-0.1, -0.05) is 36.4 Å². The standard InChI is InChI=1S/C25H25FN2O3/c26-22-13-23-18(8-5-11-27-23)12-21(22)25(30)14-19-9-4-10-20(15-25)28(19)24(29)31-16-17-6-2-1-3-7-17/h1-3,5-8,11-13,19-20,30H,4,9-10,14-16H2. The Hall–Kier alpha value is -2.99. The normalized spacial score (nSPS) is 25.4. The number of fused-ring (bicyclic) bond motifs is 3. The minimum atomic E-state index is -1.32. The van der Waals surface area contributed by atoms with Crippen LogP contribution in [0.15, 0.2) is 60.8 Å². The second-order valence-electron chi connectivity index (χ2n) is 8.65. The second kappa shape index (κ2) is 7.93. The summed E-state index contributed by atoms with van der Waals surface area (Å²) in [6.45, 7) is 0.214. The Bertz CT molecular complexity index is 1090. The number of amides is 1. The molecule has 1 amide bonds. The average molecular weight is 420 g/mol. The number of aliphatic hydroxyl groups is 1. The van der Waals surface area contributed by atoms with E-state index >= 15 is 0 Å². The minimum Gasteiger partial charge on any atom is -0.445 e. The molecule has 2 saturated heterocycles. The number of ether oxygens (including phenoxy) is 1. The van der Waals surface area contributed by atoms with Crippen molar-refractivity contribution < 1.29 is 19.0 Å². The number of carbonyl (C=O) groups excluding carboxylic acids is 1. The molecule has 2 aliphatic rings. The van der Waals surface area contributed by atoms with Crippen LogP contribution in [0.4, 0.5) is 9.18 Å². The third kappa shape index (κ3) is 3.76. The third-order valence-electron chi connectivity index (χ3n) is 6.62. The summed E-state index contributed by atoms with van der Waals surface area (Å²) >= 11 is 0. The van der Waals surface area contributed by atoms with E-state index in [1.54, 1.807) is 23.2 Å². The lowest BCUT2D eigenvalue weighted by Gasteiger charge is -2.51. The molecule has 0 spiro atoms. The second-order valence-corrected chi connectivity index (χ2v) is 8.65. The Kier molecular flexibility index (Phi) is 5.10. The molecule has 2 unspecified atom stereocenters. The summed E-state index contributed by atoms with van der Waals surface area (Å²) in [5.41, 5.74) is 0.470. The van der Waals surface area contributed by atoms with Crippen molar-refractivity contribution in [2.45, 2.75) is 56.4 Å². The van der Waals surface area contributed by atoms with Gasteiger partial charge in [0.2, 0.25) is 0 Å². The lowest BCUT2D eigenvalue weighted by Crippen LogP contribution is -2.59. The molecular weight excluding hydrogens is 395 g/mol. The Morgan fingerprint density at radius 3 is 2.61 bits per heavy atom. The van der Waals surface area contributed by atoms with Gasteiger partial charge < -0.3 is 14.7 Å². The Morgan fingerprint density at radius 1 is 1.13 bits per heavy atom. The van der Waals surface area contributed by atoms with Gasteiger partial charge in [-0.05, 0) is 37.0 Å². The lowest BCUT2D eigenvalue weighted by molar-refractivity contribution is -0.0910. The van der Waals surface area contributed by atoms with Gasteiger partial charge in [0.15, 0.2) is 0 Å². The molecule has 2 aromatic carbocycles. The maximum absolute atomic E-state index is 15.0. The van der Waals surface area contributed by atoms with E-state index in [-0.39, 0.29) is 24.8 Å². The highest BCUT2D eigenvalue weighted by atomic mass is 19.1. The van der Waals surface area contributed by atoms with Crippen LogP contribution in [-0.2, 0) is 16.9 Å². The maximum atomic E-state index is 15.0. The average Bonchev–Trinajstić information content (AvgIpc) is 2.77. The lowest BCUT2D eigenvalue weighted by atomic mass is 9.72. The van der Waals surface area contributed by atoms with E-state index in [9.17, 15) is 14.3 Å². The van der Waals surface area contributed by atoms with Gasteiger partial charge in [-0.15, -0.1) is 0 Å². The molecular formula is C25H25FN2O3. The highest BCUT2D eigenvalue weighted by Gasteiger charge is 2.49. The summed E-state index contributed by atoms with van der Waals surface area (Å²) in [7, 11) is 0. The highest BCUT2D eigenvalue weighted by Crippen LogP contribution is 2.45. The largest absolute Gasteiger partial charge is 0.445 e. The van der Waals surface area contributed by atoms with E-state index in [1.165, 1.54) is 6.07 Å². The molecule has 2 atom stereocenters. The quantitative estimate of drug-likeness (QED) is 0.654. The van der Waals surface area contributed by atoms with E-state index in [0.717, 1.165) is 30.2 Å². The number of hydrogen-bond donors (Lipinski definition) is 1. The summed E-state index contributed by atoms with van der Waals surface area (Å²) in [4.78, 5) is 18.9. The number of benzene rings is 2. The fourth-order valence-electron chi connectivity index (χ4n) is 5.19. The molecule has 2 fully saturated rings. The predicted molar refractivity (Wildman–Crippen MR) is 115 cm³/mol. The van der Waals surface area contributed by atoms with Gasteiger partial charge in [0, 0.05) is 48.1 Å². The molecule has 0 radical (unpaired) electrons. The molecule has 2 bridgehead atoms. The maximum Gasteiger partial charge on any atom is 0.410 e. The zero-order valence-electron chi connectivity index (χ0n) is 17.2. The number of halogens is 1. The molecule has 0 aliphatic carbocycles. The Morgan fingerprint density at radius 2 is 1.87 bits per heavy atom. The van der Waals surface area contributed by atoms with Crippen molar-refractivity contribution in [2.75, 3.05) is 0 Å². The van der Waals surface area contributed by atoms with Gasteiger partial charge in [-0.2, -0.15) is 0 Å². The van der Waals surface area contributed by atoms with Crippen LogP contribution >= 0.6 is 0 Å². The van der Waals surface area contributed by atoms with Crippen molar-refractivity contribution in [1.82, 2.24) is 9.88 Å². The topological polar surface area (TPSA) is 62.7 Å². The molecule has 6 heteroatoms. The summed E-state index contributed by atoms with van der Waals surface area (Å²) in [5, 5.41) is 12.4. The highest BCUT2D eigenvalue weighted by molar-refractivity contribution is 5.79. The molecule has 5 rings (SSSR count). The summed E-state index contributed by atoms with van der Waals surface area (Å²) in [5.74, 6) is -0.452. The van der Waals surface area contributed by atoms with Gasteiger partial charge in [-0.25, -0.2) is 9.18 Å². The van der Waals surface area contributed by atoms with Crippen molar-refractivity contribution in [1.29, 1.82) is 0 Å². The molecule has 0 saturated carbocycles. The fraction of sp³-hybridized carbons (Fsp3) is 0.360. The molecule has 31 heavy (non-hydrogen) atoms. The number of pyridine rings is 1. The van der Waals surface area contributed by atoms with E-state index in [2.05, 4.69) is 4.98 Å². The number of hydrogen-bond acceptors (Lipinski definition) is 4. The molecule has 160 valence electrons. The van der Waals surface area contributed by atoms with Gasteiger partial charge >= 0.3 is 6.09 Å². The van der Waals surface area contributed by atoms with Gasteiger partial charge in [0.25, 0.3) is 0 Å². The van der Waals surface area contributed by atoms with Crippen LogP contribution in [-0.4, -0.2) is 33.2 Å².